The predicted molar refractivity (Wildman–Crippen MR) is 81.5 cm³/mol. The number of carbonyl (C=O) groups is 2. The van der Waals surface area contributed by atoms with E-state index in [9.17, 15) is 9.59 Å². The van der Waals surface area contributed by atoms with Crippen molar-refractivity contribution in [2.45, 2.75) is 25.8 Å². The Kier molecular flexibility index (Phi) is 4.10. The van der Waals surface area contributed by atoms with Gasteiger partial charge in [0.25, 0.3) is 5.91 Å². The maximum absolute atomic E-state index is 12.1. The maximum atomic E-state index is 12.1. The molecule has 0 saturated heterocycles. The van der Waals surface area contributed by atoms with Gasteiger partial charge in [0.15, 0.2) is 0 Å². The molecule has 3 rings (SSSR count). The Hall–Kier alpha value is -2.70. The van der Waals surface area contributed by atoms with E-state index in [1.165, 1.54) is 6.33 Å². The summed E-state index contributed by atoms with van der Waals surface area (Å²) in [5.41, 5.74) is 5.55. The molecule has 7 heteroatoms. The molecule has 23 heavy (non-hydrogen) atoms. The largest absolute Gasteiger partial charge is 0.461 e. The number of rotatable bonds is 6. The summed E-state index contributed by atoms with van der Waals surface area (Å²) in [6, 6.07) is 8.91. The van der Waals surface area contributed by atoms with Gasteiger partial charge in [-0.05, 0) is 25.0 Å². The summed E-state index contributed by atoms with van der Waals surface area (Å²) >= 11 is 0. The highest BCUT2D eigenvalue weighted by Crippen LogP contribution is 2.42. The van der Waals surface area contributed by atoms with Crippen LogP contribution in [0.5, 0.6) is 0 Å². The molecule has 2 N–H and O–H groups in total. The van der Waals surface area contributed by atoms with Gasteiger partial charge in [0.05, 0.1) is 18.7 Å². The summed E-state index contributed by atoms with van der Waals surface area (Å²) in [4.78, 5) is 27.0. The fourth-order valence-electron chi connectivity index (χ4n) is 2.73. The Bertz CT molecular complexity index is 707. The summed E-state index contributed by atoms with van der Waals surface area (Å²) in [6.45, 7) is 0.877. The number of esters is 1. The van der Waals surface area contributed by atoms with Crippen molar-refractivity contribution in [3.63, 3.8) is 0 Å². The summed E-state index contributed by atoms with van der Waals surface area (Å²) < 4.78 is 7.06. The van der Waals surface area contributed by atoms with Gasteiger partial charge in [0, 0.05) is 5.41 Å². The van der Waals surface area contributed by atoms with Gasteiger partial charge in [-0.1, -0.05) is 24.6 Å². The molecule has 1 aromatic carbocycles. The zero-order valence-electron chi connectivity index (χ0n) is 12.6. The molecule has 2 aromatic rings. The van der Waals surface area contributed by atoms with Gasteiger partial charge in [0.1, 0.15) is 6.33 Å². The molecular formula is C16H18N4O3. The minimum atomic E-state index is -0.651. The summed E-state index contributed by atoms with van der Waals surface area (Å²) in [5, 5.41) is 4.05. The third-order valence-corrected chi connectivity index (χ3v) is 4.19. The third-order valence-electron chi connectivity index (χ3n) is 4.19. The van der Waals surface area contributed by atoms with Crippen LogP contribution in [0.4, 0.5) is 0 Å². The molecule has 0 atom stereocenters. The van der Waals surface area contributed by atoms with E-state index in [1.807, 2.05) is 6.07 Å². The Morgan fingerprint density at radius 2 is 2.00 bits per heavy atom. The monoisotopic (exact) mass is 314 g/mol. The minimum Gasteiger partial charge on any atom is -0.461 e. The molecule has 1 aromatic heterocycles. The Balaban J connectivity index is 1.62. The molecule has 0 unspecified atom stereocenters. The van der Waals surface area contributed by atoms with E-state index >= 15 is 0 Å². The lowest BCUT2D eigenvalue weighted by Crippen LogP contribution is -2.39. The van der Waals surface area contributed by atoms with Gasteiger partial charge in [-0.2, -0.15) is 0 Å². The fraction of sp³-hybridized carbons (Fsp3) is 0.375. The molecule has 0 radical (unpaired) electrons. The molecule has 0 spiro atoms. The fourth-order valence-corrected chi connectivity index (χ4v) is 2.73. The van der Waals surface area contributed by atoms with Crippen LogP contribution in [0.15, 0.2) is 36.7 Å². The standard InChI is InChI=1S/C16H18N4O3/c17-13(21)14-18-11-20(19-14)9-16(7-4-8-16)10-23-15(22)12-5-2-1-3-6-12/h1-3,5-6,11H,4,7-10H2,(H2,17,21). The Morgan fingerprint density at radius 3 is 2.57 bits per heavy atom. The first-order valence-corrected chi connectivity index (χ1v) is 7.49. The quantitative estimate of drug-likeness (QED) is 0.812. The van der Waals surface area contributed by atoms with Crippen LogP contribution in [0.25, 0.3) is 0 Å². The molecule has 1 aliphatic rings. The topological polar surface area (TPSA) is 100 Å². The summed E-state index contributed by atoms with van der Waals surface area (Å²) in [7, 11) is 0. The molecule has 1 fully saturated rings. The van der Waals surface area contributed by atoms with Crippen LogP contribution in [0.2, 0.25) is 0 Å². The number of benzene rings is 1. The van der Waals surface area contributed by atoms with Gasteiger partial charge < -0.3 is 10.5 Å². The molecule has 7 nitrogen and oxygen atoms in total. The molecule has 120 valence electrons. The second-order valence-electron chi connectivity index (χ2n) is 5.93. The molecule has 1 saturated carbocycles. The second kappa shape index (κ2) is 6.20. The summed E-state index contributed by atoms with van der Waals surface area (Å²) in [5.74, 6) is -0.976. The highest BCUT2D eigenvalue weighted by atomic mass is 16.5. The molecule has 0 bridgehead atoms. The number of primary amides is 1. The van der Waals surface area contributed by atoms with E-state index < -0.39 is 5.91 Å². The average molecular weight is 314 g/mol. The van der Waals surface area contributed by atoms with Crippen LogP contribution in [-0.2, 0) is 11.3 Å². The van der Waals surface area contributed by atoms with E-state index in [2.05, 4.69) is 10.1 Å². The smallest absolute Gasteiger partial charge is 0.338 e. The van der Waals surface area contributed by atoms with Crippen molar-refractivity contribution in [2.75, 3.05) is 6.61 Å². The number of carbonyl (C=O) groups excluding carboxylic acids is 2. The normalized spacial score (nSPS) is 15.7. The molecule has 1 amide bonds. The van der Waals surface area contributed by atoms with E-state index in [1.54, 1.807) is 28.9 Å². The molecule has 1 heterocycles. The van der Waals surface area contributed by atoms with Crippen LogP contribution in [0, 0.1) is 5.41 Å². The average Bonchev–Trinajstić information content (AvgIpc) is 2.99. The number of amides is 1. The number of nitrogens with two attached hydrogens (primary N) is 1. The van der Waals surface area contributed by atoms with Gasteiger partial charge in [-0.25, -0.2) is 9.78 Å². The zero-order chi connectivity index (χ0) is 16.3. The lowest BCUT2D eigenvalue weighted by Gasteiger charge is -2.40. The second-order valence-corrected chi connectivity index (χ2v) is 5.93. The van der Waals surface area contributed by atoms with Crippen molar-refractivity contribution in [1.82, 2.24) is 14.8 Å². The first-order valence-electron chi connectivity index (χ1n) is 7.49. The van der Waals surface area contributed by atoms with Crippen LogP contribution in [0.3, 0.4) is 0 Å². The van der Waals surface area contributed by atoms with Gasteiger partial charge in [0.2, 0.25) is 5.82 Å². The third kappa shape index (κ3) is 3.39. The van der Waals surface area contributed by atoms with Crippen molar-refractivity contribution in [3.05, 3.63) is 48.0 Å². The minimum absolute atomic E-state index is 0.000698. The van der Waals surface area contributed by atoms with Crippen LogP contribution in [-0.4, -0.2) is 33.2 Å². The first-order chi connectivity index (χ1) is 11.1. The van der Waals surface area contributed by atoms with Crippen LogP contribution < -0.4 is 5.73 Å². The number of hydrogen-bond donors (Lipinski definition) is 1. The van der Waals surface area contributed by atoms with Crippen LogP contribution in [0.1, 0.15) is 40.2 Å². The highest BCUT2D eigenvalue weighted by molar-refractivity contribution is 5.89. The van der Waals surface area contributed by atoms with E-state index in [0.29, 0.717) is 18.7 Å². The predicted octanol–water partition coefficient (Wildman–Crippen LogP) is 1.40. The van der Waals surface area contributed by atoms with Crippen molar-refractivity contribution in [2.24, 2.45) is 11.1 Å². The van der Waals surface area contributed by atoms with Gasteiger partial charge in [-0.15, -0.1) is 5.10 Å². The zero-order valence-corrected chi connectivity index (χ0v) is 12.6. The SMILES string of the molecule is NC(=O)c1ncn(CC2(COC(=O)c3ccccc3)CCC2)n1. The maximum Gasteiger partial charge on any atom is 0.338 e. The Morgan fingerprint density at radius 1 is 1.26 bits per heavy atom. The molecule has 1 aliphatic carbocycles. The number of hydrogen-bond acceptors (Lipinski definition) is 5. The van der Waals surface area contributed by atoms with Crippen molar-refractivity contribution >= 4 is 11.9 Å². The van der Waals surface area contributed by atoms with E-state index in [-0.39, 0.29) is 17.2 Å². The number of nitrogens with zero attached hydrogens (tertiary/aromatic N) is 3. The van der Waals surface area contributed by atoms with E-state index in [4.69, 9.17) is 10.5 Å². The Labute approximate surface area is 133 Å². The highest BCUT2D eigenvalue weighted by Gasteiger charge is 2.39. The number of aromatic nitrogens is 3. The van der Waals surface area contributed by atoms with Crippen molar-refractivity contribution in [3.8, 4) is 0 Å². The summed E-state index contributed by atoms with van der Waals surface area (Å²) in [6.07, 6.45) is 4.46. The van der Waals surface area contributed by atoms with Gasteiger partial charge in [-0.3, -0.25) is 9.48 Å². The first kappa shape index (κ1) is 15.2. The van der Waals surface area contributed by atoms with E-state index in [0.717, 1.165) is 19.3 Å². The molecule has 0 aliphatic heterocycles. The van der Waals surface area contributed by atoms with Crippen molar-refractivity contribution < 1.29 is 14.3 Å². The van der Waals surface area contributed by atoms with Crippen LogP contribution >= 0.6 is 0 Å². The van der Waals surface area contributed by atoms with Crippen molar-refractivity contribution in [1.29, 1.82) is 0 Å². The van der Waals surface area contributed by atoms with Gasteiger partial charge >= 0.3 is 5.97 Å². The molecular weight excluding hydrogens is 296 g/mol. The number of ether oxygens (including phenoxy) is 1. The lowest BCUT2D eigenvalue weighted by molar-refractivity contribution is -0.00850. The lowest BCUT2D eigenvalue weighted by atomic mass is 9.69.